The van der Waals surface area contributed by atoms with Crippen molar-refractivity contribution in [3.05, 3.63) is 162 Å². The van der Waals surface area contributed by atoms with E-state index in [0.29, 0.717) is 22.3 Å². The molecule has 4 heteroatoms. The fraction of sp³-hybridized carbons (Fsp3) is 0. The monoisotopic (exact) mass is 581 g/mol. The molecule has 1 aliphatic carbocycles. The molecule has 3 nitrogen and oxygen atoms in total. The third-order valence-corrected chi connectivity index (χ3v) is 9.90. The first-order valence-electron chi connectivity index (χ1n) is 14.6. The molecule has 0 unspecified atom stereocenters. The Balaban J connectivity index is 1.46. The van der Waals surface area contributed by atoms with Gasteiger partial charge in [0.15, 0.2) is 11.6 Å². The molecule has 0 fully saturated rings. The van der Waals surface area contributed by atoms with E-state index in [-0.39, 0.29) is 11.6 Å². The third kappa shape index (κ3) is 3.52. The molecular formula is C40H23NO2S. The predicted molar refractivity (Wildman–Crippen MR) is 179 cm³/mol. The second kappa shape index (κ2) is 9.53. The number of fused-ring (bicyclic) bond motifs is 6. The fourth-order valence-electron chi connectivity index (χ4n) is 6.85. The lowest BCUT2D eigenvalue weighted by Gasteiger charge is -2.35. The zero-order chi connectivity index (χ0) is 29.4. The van der Waals surface area contributed by atoms with Crippen LogP contribution < -0.4 is 4.90 Å². The summed E-state index contributed by atoms with van der Waals surface area (Å²) in [5.74, 6) is -0.237. The second-order valence-corrected chi connectivity index (χ2v) is 12.2. The molecule has 7 aromatic carbocycles. The van der Waals surface area contributed by atoms with E-state index in [1.807, 2.05) is 48.5 Å². The molecule has 0 radical (unpaired) electrons. The molecule has 9 rings (SSSR count). The van der Waals surface area contributed by atoms with E-state index in [2.05, 4.69) is 83.8 Å². The van der Waals surface area contributed by atoms with Gasteiger partial charge in [-0.3, -0.25) is 9.59 Å². The first kappa shape index (κ1) is 25.1. The van der Waals surface area contributed by atoms with Crippen molar-refractivity contribution in [2.45, 2.75) is 9.79 Å². The normalized spacial score (nSPS) is 13.4. The number of benzene rings is 7. The average Bonchev–Trinajstić information content (AvgIpc) is 3.08. The van der Waals surface area contributed by atoms with E-state index < -0.39 is 0 Å². The van der Waals surface area contributed by atoms with Crippen molar-refractivity contribution >= 4 is 61.9 Å². The molecule has 44 heavy (non-hydrogen) atoms. The van der Waals surface area contributed by atoms with Gasteiger partial charge in [0.05, 0.1) is 17.1 Å². The van der Waals surface area contributed by atoms with Gasteiger partial charge in [-0.2, -0.15) is 0 Å². The van der Waals surface area contributed by atoms with E-state index in [0.717, 1.165) is 59.5 Å². The standard InChI is InChI=1S/C40H23NO2S/c42-39-28-15-5-6-16-29(28)40(43)38-30(39)23-25-12-2-4-14-27(25)37(38)36-26-13-3-1-11-24(26)21-22-33(36)41-31-17-7-9-19-34(31)44-35-20-10-8-18-32(35)41/h1-23H. The Bertz CT molecular complexity index is 2330. The maximum Gasteiger partial charge on any atom is 0.195 e. The maximum atomic E-state index is 14.5. The van der Waals surface area contributed by atoms with Gasteiger partial charge in [0.1, 0.15) is 0 Å². The summed E-state index contributed by atoms with van der Waals surface area (Å²) in [4.78, 5) is 33.3. The number of ketones is 2. The first-order valence-corrected chi connectivity index (χ1v) is 15.4. The van der Waals surface area contributed by atoms with Gasteiger partial charge in [-0.1, -0.05) is 115 Å². The van der Waals surface area contributed by atoms with E-state index in [1.54, 1.807) is 23.9 Å². The number of hydrogen-bond acceptors (Lipinski definition) is 4. The van der Waals surface area contributed by atoms with Crippen LogP contribution in [0, 0.1) is 0 Å². The first-order chi connectivity index (χ1) is 21.7. The van der Waals surface area contributed by atoms with Gasteiger partial charge in [-0.05, 0) is 57.9 Å². The molecule has 0 saturated heterocycles. The lowest BCUT2D eigenvalue weighted by atomic mass is 9.77. The smallest absolute Gasteiger partial charge is 0.195 e. The minimum Gasteiger partial charge on any atom is -0.308 e. The van der Waals surface area contributed by atoms with E-state index in [9.17, 15) is 9.59 Å². The molecule has 0 amide bonds. The Kier molecular flexibility index (Phi) is 5.43. The molecule has 1 heterocycles. The zero-order valence-electron chi connectivity index (χ0n) is 23.5. The number of nitrogens with zero attached hydrogens (tertiary/aromatic N) is 1. The van der Waals surface area contributed by atoms with Gasteiger partial charge in [-0.15, -0.1) is 0 Å². The van der Waals surface area contributed by atoms with Gasteiger partial charge in [0.25, 0.3) is 0 Å². The molecule has 0 bridgehead atoms. The zero-order valence-corrected chi connectivity index (χ0v) is 24.3. The highest BCUT2D eigenvalue weighted by atomic mass is 32.2. The van der Waals surface area contributed by atoms with Crippen molar-refractivity contribution in [3.8, 4) is 11.1 Å². The van der Waals surface area contributed by atoms with Gasteiger partial charge < -0.3 is 4.90 Å². The van der Waals surface area contributed by atoms with Gasteiger partial charge in [0, 0.05) is 43.2 Å². The number of para-hydroxylation sites is 2. The van der Waals surface area contributed by atoms with Crippen LogP contribution in [-0.2, 0) is 0 Å². The summed E-state index contributed by atoms with van der Waals surface area (Å²) in [6.07, 6.45) is 0. The summed E-state index contributed by atoms with van der Waals surface area (Å²) in [5.41, 5.74) is 6.69. The number of rotatable bonds is 2. The van der Waals surface area contributed by atoms with Crippen LogP contribution in [0.5, 0.6) is 0 Å². The Hall–Kier alpha value is -5.45. The number of anilines is 3. The highest BCUT2D eigenvalue weighted by molar-refractivity contribution is 7.99. The Morgan fingerprint density at radius 2 is 0.955 bits per heavy atom. The molecule has 0 N–H and O–H groups in total. The SMILES string of the molecule is O=C1c2ccccc2C(=O)c2c1cc1ccccc1c2-c1c(N2c3ccccc3Sc3ccccc32)ccc2ccccc12. The number of carbonyl (C=O) groups excluding carboxylic acids is 2. The van der Waals surface area contributed by atoms with Crippen LogP contribution in [0.2, 0.25) is 0 Å². The van der Waals surface area contributed by atoms with Crippen molar-refractivity contribution in [1.29, 1.82) is 0 Å². The van der Waals surface area contributed by atoms with Crippen LogP contribution in [-0.4, -0.2) is 11.6 Å². The lowest BCUT2D eigenvalue weighted by Crippen LogP contribution is -2.22. The molecule has 1 aliphatic heterocycles. The average molecular weight is 582 g/mol. The summed E-state index contributed by atoms with van der Waals surface area (Å²) in [6, 6.07) is 46.7. The number of carbonyl (C=O) groups is 2. The van der Waals surface area contributed by atoms with E-state index in [1.165, 1.54) is 0 Å². The molecule has 206 valence electrons. The molecule has 2 aliphatic rings. The maximum absolute atomic E-state index is 14.5. The Morgan fingerprint density at radius 3 is 1.66 bits per heavy atom. The Morgan fingerprint density at radius 1 is 0.409 bits per heavy atom. The van der Waals surface area contributed by atoms with Crippen LogP contribution in [0.4, 0.5) is 17.1 Å². The molecule has 0 aromatic heterocycles. The molecule has 0 spiro atoms. The van der Waals surface area contributed by atoms with Crippen molar-refractivity contribution in [2.75, 3.05) is 4.90 Å². The summed E-state index contributed by atoms with van der Waals surface area (Å²) in [5, 5.41) is 3.96. The van der Waals surface area contributed by atoms with Crippen molar-refractivity contribution < 1.29 is 9.59 Å². The highest BCUT2D eigenvalue weighted by Crippen LogP contribution is 2.55. The third-order valence-electron chi connectivity index (χ3n) is 8.77. The second-order valence-electron chi connectivity index (χ2n) is 11.2. The van der Waals surface area contributed by atoms with Crippen molar-refractivity contribution in [3.63, 3.8) is 0 Å². The quantitative estimate of drug-likeness (QED) is 0.204. The molecule has 7 aromatic rings. The van der Waals surface area contributed by atoms with E-state index >= 15 is 0 Å². The molecular weight excluding hydrogens is 559 g/mol. The minimum atomic E-state index is -0.121. The summed E-state index contributed by atoms with van der Waals surface area (Å²) in [7, 11) is 0. The van der Waals surface area contributed by atoms with Gasteiger partial charge in [0.2, 0.25) is 0 Å². The van der Waals surface area contributed by atoms with Crippen LogP contribution in [0.25, 0.3) is 32.7 Å². The van der Waals surface area contributed by atoms with Crippen molar-refractivity contribution in [1.82, 2.24) is 0 Å². The van der Waals surface area contributed by atoms with E-state index in [4.69, 9.17) is 0 Å². The number of hydrogen-bond donors (Lipinski definition) is 0. The van der Waals surface area contributed by atoms with Crippen molar-refractivity contribution in [2.24, 2.45) is 0 Å². The summed E-state index contributed by atoms with van der Waals surface area (Å²) < 4.78 is 0. The van der Waals surface area contributed by atoms with Gasteiger partial charge in [-0.25, -0.2) is 0 Å². The Labute approximate surface area is 258 Å². The fourth-order valence-corrected chi connectivity index (χ4v) is 7.91. The van der Waals surface area contributed by atoms with Crippen LogP contribution in [0.1, 0.15) is 31.8 Å². The summed E-state index contributed by atoms with van der Waals surface area (Å²) in [6.45, 7) is 0. The lowest BCUT2D eigenvalue weighted by molar-refractivity contribution is 0.0980. The summed E-state index contributed by atoms with van der Waals surface area (Å²) >= 11 is 1.76. The molecule has 0 atom stereocenters. The largest absolute Gasteiger partial charge is 0.308 e. The predicted octanol–water partition coefficient (Wildman–Crippen LogP) is 10.4. The van der Waals surface area contributed by atoms with Crippen LogP contribution in [0.15, 0.2) is 149 Å². The molecule has 0 saturated carbocycles. The van der Waals surface area contributed by atoms with Gasteiger partial charge >= 0.3 is 0 Å². The highest BCUT2D eigenvalue weighted by Gasteiger charge is 2.35. The van der Waals surface area contributed by atoms with Crippen LogP contribution in [0.3, 0.4) is 0 Å². The van der Waals surface area contributed by atoms with Crippen LogP contribution >= 0.6 is 11.8 Å². The topological polar surface area (TPSA) is 37.4 Å². The minimum absolute atomic E-state index is 0.117.